The van der Waals surface area contributed by atoms with Crippen molar-refractivity contribution in [3.05, 3.63) is 42.1 Å². The monoisotopic (exact) mass is 427 g/mol. The second kappa shape index (κ2) is 7.54. The van der Waals surface area contributed by atoms with E-state index in [0.29, 0.717) is 43.4 Å². The number of carbonyl (C=O) groups excluding carboxylic acids is 1. The SMILES string of the molecule is O=C(Nc1ccnn1C1CCCC1)C1CCN(C2=NS(=O)(=O)c3ccccc32)CC1. The lowest BCUT2D eigenvalue weighted by atomic mass is 9.95. The van der Waals surface area contributed by atoms with Crippen LogP contribution in [0.1, 0.15) is 50.1 Å². The maximum Gasteiger partial charge on any atom is 0.285 e. The first-order valence-corrected chi connectivity index (χ1v) is 12.0. The molecule has 5 rings (SSSR count). The van der Waals surface area contributed by atoms with E-state index in [1.165, 1.54) is 12.8 Å². The number of aromatic nitrogens is 2. The zero-order chi connectivity index (χ0) is 20.7. The molecule has 8 nitrogen and oxygen atoms in total. The number of hydrogen-bond donors (Lipinski definition) is 1. The molecule has 30 heavy (non-hydrogen) atoms. The summed E-state index contributed by atoms with van der Waals surface area (Å²) < 4.78 is 30.6. The van der Waals surface area contributed by atoms with Crippen LogP contribution in [0.5, 0.6) is 0 Å². The lowest BCUT2D eigenvalue weighted by Gasteiger charge is -2.32. The van der Waals surface area contributed by atoms with Crippen molar-refractivity contribution >= 4 is 27.6 Å². The van der Waals surface area contributed by atoms with Gasteiger partial charge in [0.25, 0.3) is 10.0 Å². The largest absolute Gasteiger partial charge is 0.355 e. The smallest absolute Gasteiger partial charge is 0.285 e. The number of sulfonamides is 1. The number of amidine groups is 1. The third-order valence-electron chi connectivity index (χ3n) is 6.37. The summed E-state index contributed by atoms with van der Waals surface area (Å²) in [5, 5.41) is 7.48. The van der Waals surface area contributed by atoms with Crippen LogP contribution in [0.2, 0.25) is 0 Å². The van der Waals surface area contributed by atoms with Crippen LogP contribution in [0.3, 0.4) is 0 Å². The van der Waals surface area contributed by atoms with E-state index in [2.05, 4.69) is 14.8 Å². The molecule has 1 saturated heterocycles. The molecular formula is C21H25N5O3S. The van der Waals surface area contributed by atoms with Crippen molar-refractivity contribution in [2.45, 2.75) is 49.5 Å². The van der Waals surface area contributed by atoms with Crippen LogP contribution >= 0.6 is 0 Å². The van der Waals surface area contributed by atoms with Crippen molar-refractivity contribution < 1.29 is 13.2 Å². The first-order valence-electron chi connectivity index (χ1n) is 10.6. The zero-order valence-corrected chi connectivity index (χ0v) is 17.5. The highest BCUT2D eigenvalue weighted by atomic mass is 32.2. The van der Waals surface area contributed by atoms with Gasteiger partial charge in [0, 0.05) is 30.6 Å². The number of nitrogens with zero attached hydrogens (tertiary/aromatic N) is 4. The molecule has 1 N–H and O–H groups in total. The van der Waals surface area contributed by atoms with Gasteiger partial charge >= 0.3 is 0 Å². The number of hydrogen-bond acceptors (Lipinski definition) is 5. The second-order valence-electron chi connectivity index (χ2n) is 8.24. The van der Waals surface area contributed by atoms with Crippen LogP contribution in [-0.4, -0.2) is 47.9 Å². The van der Waals surface area contributed by atoms with Gasteiger partial charge in [-0.3, -0.25) is 4.79 Å². The van der Waals surface area contributed by atoms with Crippen LogP contribution in [-0.2, 0) is 14.8 Å². The molecule has 9 heteroatoms. The van der Waals surface area contributed by atoms with E-state index in [9.17, 15) is 13.2 Å². The number of nitrogens with one attached hydrogen (secondary N) is 1. The fourth-order valence-electron chi connectivity index (χ4n) is 4.75. The minimum atomic E-state index is -3.62. The highest BCUT2D eigenvalue weighted by Gasteiger charge is 2.34. The topological polar surface area (TPSA) is 96.7 Å². The molecule has 1 amide bonds. The number of fused-ring (bicyclic) bond motifs is 1. The summed E-state index contributed by atoms with van der Waals surface area (Å²) in [6, 6.07) is 9.15. The van der Waals surface area contributed by atoms with E-state index in [4.69, 9.17) is 0 Å². The van der Waals surface area contributed by atoms with Crippen molar-refractivity contribution in [3.8, 4) is 0 Å². The number of amides is 1. The maximum atomic E-state index is 12.9. The van der Waals surface area contributed by atoms with E-state index >= 15 is 0 Å². The summed E-state index contributed by atoms with van der Waals surface area (Å²) >= 11 is 0. The maximum absolute atomic E-state index is 12.9. The average Bonchev–Trinajstić information content (AvgIpc) is 3.48. The molecule has 3 aliphatic rings. The summed E-state index contributed by atoms with van der Waals surface area (Å²) in [6.07, 6.45) is 7.69. The van der Waals surface area contributed by atoms with E-state index in [1.54, 1.807) is 24.4 Å². The quantitative estimate of drug-likeness (QED) is 0.812. The highest BCUT2D eigenvalue weighted by molar-refractivity contribution is 7.90. The molecule has 3 heterocycles. The molecule has 0 radical (unpaired) electrons. The Hall–Kier alpha value is -2.68. The normalized spacial score (nSPS) is 21.5. The molecule has 2 aliphatic heterocycles. The molecule has 1 aromatic carbocycles. The molecule has 1 aliphatic carbocycles. The Morgan fingerprint density at radius 2 is 1.77 bits per heavy atom. The molecule has 158 valence electrons. The van der Waals surface area contributed by atoms with Gasteiger partial charge in [-0.15, -0.1) is 4.40 Å². The van der Waals surface area contributed by atoms with E-state index in [1.807, 2.05) is 21.7 Å². The average molecular weight is 428 g/mol. The van der Waals surface area contributed by atoms with E-state index in [0.717, 1.165) is 18.7 Å². The van der Waals surface area contributed by atoms with Gasteiger partial charge in [-0.1, -0.05) is 25.0 Å². The standard InChI is InChI=1S/C21H25N5O3S/c27-21(23-19-9-12-22-26(19)16-5-1-2-6-16)15-10-13-25(14-11-15)20-17-7-3-4-8-18(17)30(28,29)24-20/h3-4,7-9,12,15-16H,1-2,5-6,10-11,13-14H2,(H,23,27). The molecule has 2 aromatic rings. The van der Waals surface area contributed by atoms with Gasteiger partial charge in [0.1, 0.15) is 10.7 Å². The summed E-state index contributed by atoms with van der Waals surface area (Å²) in [6.45, 7) is 1.20. The molecule has 2 fully saturated rings. The summed E-state index contributed by atoms with van der Waals surface area (Å²) in [5.41, 5.74) is 0.654. The highest BCUT2D eigenvalue weighted by Crippen LogP contribution is 2.32. The molecular weight excluding hydrogens is 402 g/mol. The Kier molecular flexibility index (Phi) is 4.85. The zero-order valence-electron chi connectivity index (χ0n) is 16.7. The number of anilines is 1. The van der Waals surface area contributed by atoms with Crippen LogP contribution in [0.4, 0.5) is 5.82 Å². The Balaban J connectivity index is 1.24. The van der Waals surface area contributed by atoms with E-state index in [-0.39, 0.29) is 16.7 Å². The van der Waals surface area contributed by atoms with Crippen molar-refractivity contribution in [1.29, 1.82) is 0 Å². The van der Waals surface area contributed by atoms with Gasteiger partial charge < -0.3 is 10.2 Å². The number of piperidine rings is 1. The first kappa shape index (κ1) is 19.3. The van der Waals surface area contributed by atoms with Crippen LogP contribution in [0.15, 0.2) is 45.8 Å². The molecule has 1 saturated carbocycles. The number of benzene rings is 1. The molecule has 0 spiro atoms. The van der Waals surface area contributed by atoms with Gasteiger partial charge in [-0.25, -0.2) is 4.68 Å². The number of likely N-dealkylation sites (tertiary alicyclic amines) is 1. The third-order valence-corrected chi connectivity index (χ3v) is 7.70. The third kappa shape index (κ3) is 3.40. The van der Waals surface area contributed by atoms with Crippen molar-refractivity contribution in [2.75, 3.05) is 18.4 Å². The van der Waals surface area contributed by atoms with Gasteiger partial charge in [0.2, 0.25) is 5.91 Å². The number of carbonyl (C=O) groups is 1. The predicted octanol–water partition coefficient (Wildman–Crippen LogP) is 2.80. The minimum absolute atomic E-state index is 0.00998. The second-order valence-corrected chi connectivity index (χ2v) is 9.81. The molecule has 0 atom stereocenters. The number of rotatable bonds is 3. The van der Waals surface area contributed by atoms with Gasteiger partial charge in [-0.05, 0) is 37.8 Å². The van der Waals surface area contributed by atoms with E-state index < -0.39 is 10.0 Å². The lowest BCUT2D eigenvalue weighted by Crippen LogP contribution is -2.41. The van der Waals surface area contributed by atoms with Gasteiger partial charge in [0.15, 0.2) is 5.84 Å². The molecule has 0 bridgehead atoms. The van der Waals surface area contributed by atoms with Crippen molar-refractivity contribution in [1.82, 2.24) is 14.7 Å². The van der Waals surface area contributed by atoms with Crippen LogP contribution < -0.4 is 5.32 Å². The predicted molar refractivity (Wildman–Crippen MR) is 113 cm³/mol. The Bertz CT molecular complexity index is 1090. The van der Waals surface area contributed by atoms with Crippen LogP contribution in [0, 0.1) is 5.92 Å². The van der Waals surface area contributed by atoms with Crippen molar-refractivity contribution in [2.24, 2.45) is 10.3 Å². The summed E-state index contributed by atoms with van der Waals surface area (Å²) in [5.74, 6) is 1.18. The summed E-state index contributed by atoms with van der Waals surface area (Å²) in [7, 11) is -3.62. The molecule has 1 aromatic heterocycles. The Morgan fingerprint density at radius 3 is 2.53 bits per heavy atom. The van der Waals surface area contributed by atoms with Crippen molar-refractivity contribution in [3.63, 3.8) is 0 Å². The van der Waals surface area contributed by atoms with Gasteiger partial charge in [0.05, 0.1) is 12.2 Å². The van der Waals surface area contributed by atoms with Gasteiger partial charge in [-0.2, -0.15) is 13.5 Å². The molecule has 0 unspecified atom stereocenters. The summed E-state index contributed by atoms with van der Waals surface area (Å²) in [4.78, 5) is 15.1. The Morgan fingerprint density at radius 1 is 1.03 bits per heavy atom. The fraction of sp³-hybridized carbons (Fsp3) is 0.476. The Labute approximate surface area is 176 Å². The minimum Gasteiger partial charge on any atom is -0.355 e. The van der Waals surface area contributed by atoms with Crippen LogP contribution in [0.25, 0.3) is 0 Å². The fourth-order valence-corrected chi connectivity index (χ4v) is 5.98. The lowest BCUT2D eigenvalue weighted by molar-refractivity contribution is -0.121. The first-order chi connectivity index (χ1) is 14.5.